The molecule has 0 aliphatic carbocycles. The molecule has 4 nitrogen and oxygen atoms in total. The standard InChI is InChI=1S/C12H21BrO4/c1-4-5-11(14)17-10(7-13)6-12(15)16-8-9(2)3/h9-10H,4-8H2,1-3H3. The Kier molecular flexibility index (Phi) is 9.13. The molecule has 0 aliphatic heterocycles. The van der Waals surface area contributed by atoms with Gasteiger partial charge in [-0.2, -0.15) is 0 Å². The van der Waals surface area contributed by atoms with Gasteiger partial charge in [0.25, 0.3) is 0 Å². The summed E-state index contributed by atoms with van der Waals surface area (Å²) < 4.78 is 10.2. The van der Waals surface area contributed by atoms with E-state index in [9.17, 15) is 9.59 Å². The first-order valence-corrected chi connectivity index (χ1v) is 7.02. The number of hydrogen-bond acceptors (Lipinski definition) is 4. The van der Waals surface area contributed by atoms with Gasteiger partial charge in [-0.15, -0.1) is 0 Å². The largest absolute Gasteiger partial charge is 0.465 e. The molecule has 0 aromatic carbocycles. The first-order chi connectivity index (χ1) is 7.99. The molecule has 1 unspecified atom stereocenters. The Morgan fingerprint density at radius 2 is 1.88 bits per heavy atom. The second-order valence-electron chi connectivity index (χ2n) is 4.30. The van der Waals surface area contributed by atoms with Gasteiger partial charge in [-0.25, -0.2) is 0 Å². The van der Waals surface area contributed by atoms with Crippen LogP contribution >= 0.6 is 15.9 Å². The summed E-state index contributed by atoms with van der Waals surface area (Å²) in [5, 5.41) is 0.444. The molecule has 0 aliphatic rings. The number of alkyl halides is 1. The Morgan fingerprint density at radius 1 is 1.24 bits per heavy atom. The lowest BCUT2D eigenvalue weighted by atomic mass is 10.2. The molecule has 0 bridgehead atoms. The molecule has 5 heteroatoms. The molecule has 17 heavy (non-hydrogen) atoms. The van der Waals surface area contributed by atoms with E-state index >= 15 is 0 Å². The van der Waals surface area contributed by atoms with Crippen LogP contribution in [-0.2, 0) is 19.1 Å². The Balaban J connectivity index is 3.95. The fraction of sp³-hybridized carbons (Fsp3) is 0.833. The van der Waals surface area contributed by atoms with E-state index in [-0.39, 0.29) is 18.4 Å². The third kappa shape index (κ3) is 9.15. The van der Waals surface area contributed by atoms with Crippen LogP contribution in [-0.4, -0.2) is 30.0 Å². The van der Waals surface area contributed by atoms with E-state index in [1.165, 1.54) is 0 Å². The molecular formula is C12H21BrO4. The van der Waals surface area contributed by atoms with Crippen molar-refractivity contribution in [3.05, 3.63) is 0 Å². The van der Waals surface area contributed by atoms with E-state index in [1.807, 2.05) is 20.8 Å². The number of hydrogen-bond donors (Lipinski definition) is 0. The lowest BCUT2D eigenvalue weighted by molar-refractivity contribution is -0.154. The van der Waals surface area contributed by atoms with Gasteiger partial charge in [0.2, 0.25) is 0 Å². The van der Waals surface area contributed by atoms with Gasteiger partial charge >= 0.3 is 11.9 Å². The minimum Gasteiger partial charge on any atom is -0.465 e. The fourth-order valence-electron chi connectivity index (χ4n) is 1.08. The van der Waals surface area contributed by atoms with Crippen molar-refractivity contribution in [2.75, 3.05) is 11.9 Å². The summed E-state index contributed by atoms with van der Waals surface area (Å²) in [5.74, 6) is -0.287. The summed E-state index contributed by atoms with van der Waals surface area (Å²) in [7, 11) is 0. The topological polar surface area (TPSA) is 52.6 Å². The van der Waals surface area contributed by atoms with E-state index in [1.54, 1.807) is 0 Å². The number of carbonyl (C=O) groups excluding carboxylic acids is 2. The fourth-order valence-corrected chi connectivity index (χ4v) is 1.44. The van der Waals surface area contributed by atoms with E-state index in [0.29, 0.717) is 24.3 Å². The Bertz CT molecular complexity index is 241. The van der Waals surface area contributed by atoms with Crippen LogP contribution in [0.15, 0.2) is 0 Å². The summed E-state index contributed by atoms with van der Waals surface area (Å²) in [6, 6.07) is 0. The lowest BCUT2D eigenvalue weighted by Crippen LogP contribution is -2.24. The van der Waals surface area contributed by atoms with Crippen LogP contribution in [0, 0.1) is 5.92 Å². The van der Waals surface area contributed by atoms with Gasteiger partial charge in [0.15, 0.2) is 0 Å². The van der Waals surface area contributed by atoms with Crippen molar-refractivity contribution in [2.45, 2.75) is 46.1 Å². The molecule has 0 radical (unpaired) electrons. The average molecular weight is 309 g/mol. The van der Waals surface area contributed by atoms with E-state index in [4.69, 9.17) is 9.47 Å². The molecule has 0 heterocycles. The van der Waals surface area contributed by atoms with Gasteiger partial charge in [0.1, 0.15) is 6.10 Å². The van der Waals surface area contributed by atoms with Crippen molar-refractivity contribution in [3.8, 4) is 0 Å². The third-order valence-electron chi connectivity index (χ3n) is 1.90. The number of rotatable bonds is 8. The monoisotopic (exact) mass is 308 g/mol. The highest BCUT2D eigenvalue weighted by Gasteiger charge is 2.18. The highest BCUT2D eigenvalue weighted by atomic mass is 79.9. The number of esters is 2. The number of carbonyl (C=O) groups is 2. The number of halogens is 1. The summed E-state index contributed by atoms with van der Waals surface area (Å²) in [4.78, 5) is 22.7. The van der Waals surface area contributed by atoms with Crippen molar-refractivity contribution in [3.63, 3.8) is 0 Å². The predicted molar refractivity (Wildman–Crippen MR) is 69.0 cm³/mol. The van der Waals surface area contributed by atoms with Crippen LogP contribution in [0.2, 0.25) is 0 Å². The SMILES string of the molecule is CCCC(=O)OC(CBr)CC(=O)OCC(C)C. The van der Waals surface area contributed by atoms with Crippen molar-refractivity contribution in [1.29, 1.82) is 0 Å². The van der Waals surface area contributed by atoms with Crippen molar-refractivity contribution >= 4 is 27.9 Å². The summed E-state index contributed by atoms with van der Waals surface area (Å²) in [6.45, 7) is 6.24. The van der Waals surface area contributed by atoms with Gasteiger partial charge in [-0.1, -0.05) is 36.7 Å². The average Bonchev–Trinajstić information content (AvgIpc) is 2.25. The smallest absolute Gasteiger partial charge is 0.309 e. The van der Waals surface area contributed by atoms with Gasteiger partial charge < -0.3 is 9.47 Å². The molecule has 0 N–H and O–H groups in total. The molecule has 0 aromatic rings. The molecule has 0 fully saturated rings. The van der Waals surface area contributed by atoms with Crippen LogP contribution in [0.5, 0.6) is 0 Å². The molecule has 1 atom stereocenters. The Hall–Kier alpha value is -0.580. The van der Waals surface area contributed by atoms with Crippen molar-refractivity contribution < 1.29 is 19.1 Å². The van der Waals surface area contributed by atoms with Crippen LogP contribution < -0.4 is 0 Å². The van der Waals surface area contributed by atoms with Gasteiger partial charge in [0.05, 0.1) is 13.0 Å². The summed E-state index contributed by atoms with van der Waals surface area (Å²) in [5.41, 5.74) is 0. The van der Waals surface area contributed by atoms with E-state index < -0.39 is 6.10 Å². The van der Waals surface area contributed by atoms with Gasteiger partial charge in [-0.3, -0.25) is 9.59 Å². The summed E-state index contributed by atoms with van der Waals surface area (Å²) in [6.07, 6.45) is 0.789. The zero-order valence-corrected chi connectivity index (χ0v) is 12.3. The maximum atomic E-state index is 11.4. The molecule has 0 aromatic heterocycles. The Labute approximate surface area is 111 Å². The lowest BCUT2D eigenvalue weighted by Gasteiger charge is -2.15. The van der Waals surface area contributed by atoms with Gasteiger partial charge in [0, 0.05) is 11.8 Å². The zero-order valence-electron chi connectivity index (χ0n) is 10.7. The quantitative estimate of drug-likeness (QED) is 0.511. The zero-order chi connectivity index (χ0) is 13.3. The first kappa shape index (κ1) is 16.4. The van der Waals surface area contributed by atoms with Crippen molar-refractivity contribution in [1.82, 2.24) is 0 Å². The van der Waals surface area contributed by atoms with Crippen LogP contribution in [0.4, 0.5) is 0 Å². The van der Waals surface area contributed by atoms with Gasteiger partial charge in [-0.05, 0) is 12.3 Å². The first-order valence-electron chi connectivity index (χ1n) is 5.90. The second-order valence-corrected chi connectivity index (χ2v) is 4.94. The van der Waals surface area contributed by atoms with Crippen LogP contribution in [0.3, 0.4) is 0 Å². The van der Waals surface area contributed by atoms with Crippen molar-refractivity contribution in [2.24, 2.45) is 5.92 Å². The predicted octanol–water partition coefficient (Wildman–Crippen LogP) is 2.68. The normalized spacial score (nSPS) is 12.3. The minimum atomic E-state index is -0.436. The van der Waals surface area contributed by atoms with Crippen LogP contribution in [0.1, 0.15) is 40.0 Å². The highest BCUT2D eigenvalue weighted by Crippen LogP contribution is 2.07. The number of ether oxygens (including phenoxy) is 2. The molecular weight excluding hydrogens is 288 g/mol. The third-order valence-corrected chi connectivity index (χ3v) is 2.62. The summed E-state index contributed by atoms with van der Waals surface area (Å²) >= 11 is 3.22. The molecule has 0 amide bonds. The minimum absolute atomic E-state index is 0.105. The maximum absolute atomic E-state index is 11.4. The highest BCUT2D eigenvalue weighted by molar-refractivity contribution is 9.09. The molecule has 100 valence electrons. The molecule has 0 saturated carbocycles. The second kappa shape index (κ2) is 9.45. The Morgan fingerprint density at radius 3 is 2.35 bits per heavy atom. The van der Waals surface area contributed by atoms with E-state index in [0.717, 1.165) is 6.42 Å². The van der Waals surface area contributed by atoms with Crippen LogP contribution in [0.25, 0.3) is 0 Å². The van der Waals surface area contributed by atoms with E-state index in [2.05, 4.69) is 15.9 Å². The maximum Gasteiger partial charge on any atom is 0.309 e. The molecule has 0 spiro atoms. The molecule has 0 saturated heterocycles. The molecule has 0 rings (SSSR count).